The van der Waals surface area contributed by atoms with E-state index in [0.717, 1.165) is 18.4 Å². The quantitative estimate of drug-likeness (QED) is 0.845. The molecule has 2 N–H and O–H groups in total. The monoisotopic (exact) mass is 280 g/mol. The van der Waals surface area contributed by atoms with Gasteiger partial charge in [-0.3, -0.25) is 4.90 Å². The number of likely N-dealkylation sites (tertiary alicyclic amines) is 1. The summed E-state index contributed by atoms with van der Waals surface area (Å²) in [5, 5.41) is 0. The minimum absolute atomic E-state index is 0.334. The molecular formula is C18H36N2. The smallest absolute Gasteiger partial charge is 0.0331 e. The van der Waals surface area contributed by atoms with Crippen LogP contribution in [-0.4, -0.2) is 30.1 Å². The van der Waals surface area contributed by atoms with Crippen molar-refractivity contribution in [1.29, 1.82) is 0 Å². The molecule has 1 aliphatic heterocycles. The molecule has 1 saturated heterocycles. The Kier molecular flexibility index (Phi) is 5.18. The van der Waals surface area contributed by atoms with Crippen LogP contribution in [0.5, 0.6) is 0 Å². The molecule has 1 saturated carbocycles. The first-order chi connectivity index (χ1) is 9.41. The summed E-state index contributed by atoms with van der Waals surface area (Å²) >= 11 is 0. The van der Waals surface area contributed by atoms with Gasteiger partial charge in [-0.2, -0.15) is 0 Å². The number of nitrogens with two attached hydrogens (primary N) is 1. The van der Waals surface area contributed by atoms with Gasteiger partial charge >= 0.3 is 0 Å². The zero-order chi connectivity index (χ0) is 14.8. The molecule has 2 nitrogen and oxygen atoms in total. The van der Waals surface area contributed by atoms with Crippen molar-refractivity contribution in [2.24, 2.45) is 23.0 Å². The average molecular weight is 281 g/mol. The largest absolute Gasteiger partial charge is 0.329 e. The molecule has 0 aromatic carbocycles. The summed E-state index contributed by atoms with van der Waals surface area (Å²) in [6.07, 6.45) is 9.52. The Hall–Kier alpha value is -0.0800. The Morgan fingerprint density at radius 3 is 2.00 bits per heavy atom. The first kappa shape index (κ1) is 16.3. The molecule has 118 valence electrons. The molecule has 2 rings (SSSR count). The van der Waals surface area contributed by atoms with Crippen LogP contribution in [0.2, 0.25) is 0 Å². The minimum Gasteiger partial charge on any atom is -0.329 e. The molecule has 0 atom stereocenters. The topological polar surface area (TPSA) is 29.3 Å². The highest BCUT2D eigenvalue weighted by atomic mass is 15.2. The van der Waals surface area contributed by atoms with Crippen molar-refractivity contribution in [2.75, 3.05) is 19.6 Å². The molecule has 0 radical (unpaired) electrons. The van der Waals surface area contributed by atoms with Gasteiger partial charge in [0.25, 0.3) is 0 Å². The first-order valence-corrected chi connectivity index (χ1v) is 8.86. The Balaban J connectivity index is 1.95. The van der Waals surface area contributed by atoms with Crippen LogP contribution in [0.15, 0.2) is 0 Å². The third kappa shape index (κ3) is 3.39. The zero-order valence-electron chi connectivity index (χ0n) is 14.3. The fraction of sp³-hybridized carbons (Fsp3) is 1.00. The van der Waals surface area contributed by atoms with Crippen molar-refractivity contribution < 1.29 is 0 Å². The normalized spacial score (nSPS) is 34.4. The van der Waals surface area contributed by atoms with Crippen molar-refractivity contribution in [2.45, 2.75) is 78.2 Å². The van der Waals surface area contributed by atoms with E-state index in [9.17, 15) is 0 Å². The average Bonchev–Trinajstić information content (AvgIpc) is 2.46. The second-order valence-electron chi connectivity index (χ2n) is 8.41. The van der Waals surface area contributed by atoms with Gasteiger partial charge in [0.2, 0.25) is 0 Å². The van der Waals surface area contributed by atoms with E-state index in [4.69, 9.17) is 5.73 Å². The van der Waals surface area contributed by atoms with Crippen LogP contribution < -0.4 is 5.73 Å². The molecule has 0 aromatic heterocycles. The number of rotatable bonds is 3. The predicted molar refractivity (Wildman–Crippen MR) is 87.8 cm³/mol. The second kappa shape index (κ2) is 6.36. The fourth-order valence-corrected chi connectivity index (χ4v) is 4.49. The van der Waals surface area contributed by atoms with Crippen LogP contribution in [0, 0.1) is 17.3 Å². The van der Waals surface area contributed by atoms with Crippen molar-refractivity contribution in [1.82, 2.24) is 4.90 Å². The van der Waals surface area contributed by atoms with E-state index in [-0.39, 0.29) is 0 Å². The highest BCUT2D eigenvalue weighted by Crippen LogP contribution is 2.44. The maximum atomic E-state index is 6.25. The summed E-state index contributed by atoms with van der Waals surface area (Å²) < 4.78 is 0. The van der Waals surface area contributed by atoms with E-state index in [1.54, 1.807) is 0 Å². The SMILES string of the molecule is CCC1CCN(C2(CN)CCC(C(C)(C)C)CC2)CC1. The van der Waals surface area contributed by atoms with Gasteiger partial charge in [0.15, 0.2) is 0 Å². The third-order valence-corrected chi connectivity index (χ3v) is 6.38. The molecule has 0 bridgehead atoms. The van der Waals surface area contributed by atoms with Gasteiger partial charge in [-0.25, -0.2) is 0 Å². The second-order valence-corrected chi connectivity index (χ2v) is 8.41. The summed E-state index contributed by atoms with van der Waals surface area (Å²) in [6, 6.07) is 0. The van der Waals surface area contributed by atoms with Gasteiger partial charge in [-0.1, -0.05) is 34.1 Å². The maximum Gasteiger partial charge on any atom is 0.0331 e. The standard InChI is InChI=1S/C18H36N2/c1-5-15-8-12-20(13-9-15)18(14-19)10-6-16(7-11-18)17(2,3)4/h15-16H,5-14,19H2,1-4H3. The predicted octanol–water partition coefficient (Wildman–Crippen LogP) is 4.04. The van der Waals surface area contributed by atoms with Crippen LogP contribution in [-0.2, 0) is 0 Å². The third-order valence-electron chi connectivity index (χ3n) is 6.38. The van der Waals surface area contributed by atoms with E-state index in [1.165, 1.54) is 58.0 Å². The molecular weight excluding hydrogens is 244 g/mol. The molecule has 0 amide bonds. The number of hydrogen-bond donors (Lipinski definition) is 1. The van der Waals surface area contributed by atoms with Gasteiger partial charge in [0.1, 0.15) is 0 Å². The van der Waals surface area contributed by atoms with E-state index < -0.39 is 0 Å². The molecule has 1 aliphatic carbocycles. The maximum absolute atomic E-state index is 6.25. The van der Waals surface area contributed by atoms with Crippen LogP contribution in [0.4, 0.5) is 0 Å². The number of nitrogens with zero attached hydrogens (tertiary/aromatic N) is 1. The summed E-state index contributed by atoms with van der Waals surface area (Å²) in [5.41, 5.74) is 7.05. The van der Waals surface area contributed by atoms with Gasteiger partial charge < -0.3 is 5.73 Å². The highest BCUT2D eigenvalue weighted by molar-refractivity contribution is 4.98. The van der Waals surface area contributed by atoms with Crippen LogP contribution >= 0.6 is 0 Å². The van der Waals surface area contributed by atoms with E-state index in [1.807, 2.05) is 0 Å². The van der Waals surface area contributed by atoms with Crippen molar-refractivity contribution in [3.8, 4) is 0 Å². The molecule has 0 spiro atoms. The zero-order valence-corrected chi connectivity index (χ0v) is 14.3. The van der Waals surface area contributed by atoms with Crippen LogP contribution in [0.3, 0.4) is 0 Å². The molecule has 20 heavy (non-hydrogen) atoms. The van der Waals surface area contributed by atoms with E-state index in [2.05, 4.69) is 32.6 Å². The lowest BCUT2D eigenvalue weighted by atomic mass is 9.66. The van der Waals surface area contributed by atoms with Crippen molar-refractivity contribution in [3.05, 3.63) is 0 Å². The lowest BCUT2D eigenvalue weighted by molar-refractivity contribution is -0.0000417. The van der Waals surface area contributed by atoms with E-state index >= 15 is 0 Å². The molecule has 0 unspecified atom stereocenters. The minimum atomic E-state index is 0.334. The Labute approximate surface area is 126 Å². The Morgan fingerprint density at radius 2 is 1.60 bits per heavy atom. The molecule has 2 heteroatoms. The fourth-order valence-electron chi connectivity index (χ4n) is 4.49. The van der Waals surface area contributed by atoms with Crippen molar-refractivity contribution in [3.63, 3.8) is 0 Å². The summed E-state index contributed by atoms with van der Waals surface area (Å²) in [4.78, 5) is 2.76. The van der Waals surface area contributed by atoms with Crippen LogP contribution in [0.1, 0.15) is 72.6 Å². The lowest BCUT2D eigenvalue weighted by Gasteiger charge is -2.51. The highest BCUT2D eigenvalue weighted by Gasteiger charge is 2.42. The van der Waals surface area contributed by atoms with Crippen LogP contribution in [0.25, 0.3) is 0 Å². The Morgan fingerprint density at radius 1 is 1.05 bits per heavy atom. The molecule has 1 heterocycles. The number of piperidine rings is 1. The summed E-state index contributed by atoms with van der Waals surface area (Å²) in [7, 11) is 0. The van der Waals surface area contributed by atoms with Gasteiger partial charge in [-0.05, 0) is 68.9 Å². The van der Waals surface area contributed by atoms with Gasteiger partial charge in [0.05, 0.1) is 0 Å². The lowest BCUT2D eigenvalue weighted by Crippen LogP contribution is -2.58. The van der Waals surface area contributed by atoms with E-state index in [0.29, 0.717) is 11.0 Å². The summed E-state index contributed by atoms with van der Waals surface area (Å²) in [5.74, 6) is 1.85. The molecule has 2 fully saturated rings. The van der Waals surface area contributed by atoms with Crippen molar-refractivity contribution >= 4 is 0 Å². The van der Waals surface area contributed by atoms with Gasteiger partial charge in [0, 0.05) is 12.1 Å². The molecule has 0 aromatic rings. The summed E-state index contributed by atoms with van der Waals surface area (Å²) in [6.45, 7) is 13.0. The molecule has 2 aliphatic rings. The number of hydrogen-bond acceptors (Lipinski definition) is 2. The Bertz CT molecular complexity index is 289. The van der Waals surface area contributed by atoms with Gasteiger partial charge in [-0.15, -0.1) is 0 Å². The first-order valence-electron chi connectivity index (χ1n) is 8.86.